The summed E-state index contributed by atoms with van der Waals surface area (Å²) in [6, 6.07) is 7.89. The van der Waals surface area contributed by atoms with Crippen LogP contribution in [0.1, 0.15) is 18.1 Å². The molecule has 0 saturated carbocycles. The summed E-state index contributed by atoms with van der Waals surface area (Å²) in [6.45, 7) is 0.691. The Kier molecular flexibility index (Phi) is 3.08. The quantitative estimate of drug-likeness (QED) is 0.851. The first-order valence-corrected chi connectivity index (χ1v) is 5.59. The van der Waals surface area contributed by atoms with Gasteiger partial charge in [0, 0.05) is 15.6 Å². The van der Waals surface area contributed by atoms with Crippen molar-refractivity contribution in [3.8, 4) is 0 Å². The Bertz CT molecular complexity index is 360. The van der Waals surface area contributed by atoms with Crippen molar-refractivity contribution in [3.63, 3.8) is 0 Å². The number of ether oxygens (including phenoxy) is 1. The molecule has 1 aliphatic rings. The molecule has 1 heterocycles. The zero-order valence-electron chi connectivity index (χ0n) is 7.61. The number of benzene rings is 1. The summed E-state index contributed by atoms with van der Waals surface area (Å²) < 4.78 is 6.24. The molecule has 0 aliphatic carbocycles. The van der Waals surface area contributed by atoms with Gasteiger partial charge in [-0.05, 0) is 40.3 Å². The number of aliphatic hydroxyl groups excluding tert-OH is 1. The van der Waals surface area contributed by atoms with Gasteiger partial charge in [0.25, 0.3) is 0 Å². The zero-order chi connectivity index (χ0) is 9.97. The second kappa shape index (κ2) is 4.31. The highest BCUT2D eigenvalue weighted by molar-refractivity contribution is 14.1. The highest BCUT2D eigenvalue weighted by Crippen LogP contribution is 2.27. The van der Waals surface area contributed by atoms with Crippen LogP contribution in [0.15, 0.2) is 36.1 Å². The number of rotatable bonds is 2. The fraction of sp³-hybridized carbons (Fsp3) is 0.273. The molecule has 0 amide bonds. The van der Waals surface area contributed by atoms with E-state index in [9.17, 15) is 5.11 Å². The predicted octanol–water partition coefficient (Wildman–Crippen LogP) is 2.63. The first kappa shape index (κ1) is 9.98. The molecule has 1 atom stereocenters. The maximum atomic E-state index is 9.99. The van der Waals surface area contributed by atoms with Gasteiger partial charge in [-0.3, -0.25) is 0 Å². The molecule has 0 fully saturated rings. The average molecular weight is 302 g/mol. The Labute approximate surface area is 96.7 Å². The van der Waals surface area contributed by atoms with E-state index >= 15 is 0 Å². The predicted molar refractivity (Wildman–Crippen MR) is 62.8 cm³/mol. The molecule has 0 bridgehead atoms. The summed E-state index contributed by atoms with van der Waals surface area (Å²) >= 11 is 2.24. The topological polar surface area (TPSA) is 29.5 Å². The second-order valence-corrected chi connectivity index (χ2v) is 4.52. The van der Waals surface area contributed by atoms with Crippen molar-refractivity contribution < 1.29 is 9.84 Å². The van der Waals surface area contributed by atoms with Gasteiger partial charge in [-0.15, -0.1) is 0 Å². The Morgan fingerprint density at radius 1 is 1.43 bits per heavy atom. The van der Waals surface area contributed by atoms with E-state index in [1.165, 1.54) is 0 Å². The monoisotopic (exact) mass is 302 g/mol. The van der Waals surface area contributed by atoms with Crippen LogP contribution in [-0.4, -0.2) is 11.7 Å². The van der Waals surface area contributed by atoms with Crippen molar-refractivity contribution >= 4 is 22.6 Å². The molecule has 0 radical (unpaired) electrons. The summed E-state index contributed by atoms with van der Waals surface area (Å²) in [5, 5.41) is 9.99. The van der Waals surface area contributed by atoms with E-state index in [4.69, 9.17) is 4.74 Å². The molecule has 1 aliphatic heterocycles. The van der Waals surface area contributed by atoms with Gasteiger partial charge in [0.2, 0.25) is 0 Å². The number of hydrogen-bond donors (Lipinski definition) is 1. The number of aliphatic hydroxyl groups is 1. The molecule has 74 valence electrons. The number of hydrogen-bond acceptors (Lipinski definition) is 2. The molecule has 1 N–H and O–H groups in total. The molecular weight excluding hydrogens is 291 g/mol. The fourth-order valence-corrected chi connectivity index (χ4v) is 2.06. The van der Waals surface area contributed by atoms with Crippen LogP contribution in [-0.2, 0) is 4.74 Å². The van der Waals surface area contributed by atoms with Crippen LogP contribution < -0.4 is 0 Å². The lowest BCUT2D eigenvalue weighted by molar-refractivity contribution is 0.213. The van der Waals surface area contributed by atoms with Crippen LogP contribution in [0.25, 0.3) is 0 Å². The van der Waals surface area contributed by atoms with Crippen LogP contribution in [0.5, 0.6) is 0 Å². The molecule has 2 rings (SSSR count). The fourth-order valence-electron chi connectivity index (χ4n) is 1.49. The molecule has 0 saturated heterocycles. The van der Waals surface area contributed by atoms with Crippen molar-refractivity contribution in [3.05, 3.63) is 45.2 Å². The molecule has 0 spiro atoms. The van der Waals surface area contributed by atoms with E-state index in [0.29, 0.717) is 6.61 Å². The van der Waals surface area contributed by atoms with E-state index < -0.39 is 6.10 Å². The average Bonchev–Trinajstić information content (AvgIpc) is 2.69. The number of halogens is 1. The molecule has 3 heteroatoms. The van der Waals surface area contributed by atoms with Gasteiger partial charge in [-0.1, -0.05) is 12.1 Å². The summed E-state index contributed by atoms with van der Waals surface area (Å²) in [7, 11) is 0. The van der Waals surface area contributed by atoms with E-state index in [2.05, 4.69) is 22.6 Å². The lowest BCUT2D eigenvalue weighted by Crippen LogP contribution is -2.00. The van der Waals surface area contributed by atoms with Gasteiger partial charge in [0.1, 0.15) is 6.10 Å². The van der Waals surface area contributed by atoms with Crippen molar-refractivity contribution in [2.45, 2.75) is 12.5 Å². The molecule has 14 heavy (non-hydrogen) atoms. The molecular formula is C11H11IO2. The van der Waals surface area contributed by atoms with Crippen LogP contribution in [0.4, 0.5) is 0 Å². The van der Waals surface area contributed by atoms with Gasteiger partial charge in [-0.2, -0.15) is 0 Å². The first-order chi connectivity index (χ1) is 6.77. The standard InChI is InChI=1S/C11H11IO2/c12-10-3-1-2-8(6-10)11(13)9-4-5-14-7-9/h1-3,6-7,11,13H,4-5H2. The maximum absolute atomic E-state index is 9.99. The van der Waals surface area contributed by atoms with E-state index in [-0.39, 0.29) is 0 Å². The summed E-state index contributed by atoms with van der Waals surface area (Å²) in [4.78, 5) is 0. The van der Waals surface area contributed by atoms with Crippen LogP contribution in [0.3, 0.4) is 0 Å². The van der Waals surface area contributed by atoms with E-state index in [1.54, 1.807) is 6.26 Å². The van der Waals surface area contributed by atoms with Crippen molar-refractivity contribution in [2.24, 2.45) is 0 Å². The van der Waals surface area contributed by atoms with Gasteiger partial charge in [-0.25, -0.2) is 0 Å². The third-order valence-corrected chi connectivity index (χ3v) is 2.93. The van der Waals surface area contributed by atoms with E-state index in [1.807, 2.05) is 24.3 Å². The highest BCUT2D eigenvalue weighted by atomic mass is 127. The SMILES string of the molecule is OC(C1=COCC1)c1cccc(I)c1. The Balaban J connectivity index is 2.22. The summed E-state index contributed by atoms with van der Waals surface area (Å²) in [5.41, 5.74) is 1.90. The minimum atomic E-state index is -0.507. The molecule has 1 aromatic carbocycles. The lowest BCUT2D eigenvalue weighted by Gasteiger charge is -2.10. The minimum Gasteiger partial charge on any atom is -0.501 e. The minimum absolute atomic E-state index is 0.507. The molecule has 1 aromatic rings. The van der Waals surface area contributed by atoms with Crippen LogP contribution >= 0.6 is 22.6 Å². The third kappa shape index (κ3) is 2.09. The van der Waals surface area contributed by atoms with Crippen LogP contribution in [0, 0.1) is 3.57 Å². The Morgan fingerprint density at radius 3 is 2.93 bits per heavy atom. The second-order valence-electron chi connectivity index (χ2n) is 3.27. The van der Waals surface area contributed by atoms with Gasteiger partial charge in [0.15, 0.2) is 0 Å². The van der Waals surface area contributed by atoms with Gasteiger partial charge in [0.05, 0.1) is 12.9 Å². The first-order valence-electron chi connectivity index (χ1n) is 4.51. The van der Waals surface area contributed by atoms with Crippen molar-refractivity contribution in [2.75, 3.05) is 6.61 Å². The normalized spacial score (nSPS) is 17.4. The van der Waals surface area contributed by atoms with Crippen molar-refractivity contribution in [1.29, 1.82) is 0 Å². The smallest absolute Gasteiger partial charge is 0.103 e. The van der Waals surface area contributed by atoms with E-state index in [0.717, 1.165) is 21.1 Å². The maximum Gasteiger partial charge on any atom is 0.103 e. The van der Waals surface area contributed by atoms with Crippen molar-refractivity contribution in [1.82, 2.24) is 0 Å². The highest BCUT2D eigenvalue weighted by Gasteiger charge is 2.17. The molecule has 2 nitrogen and oxygen atoms in total. The Hall–Kier alpha value is -0.550. The molecule has 0 aromatic heterocycles. The largest absolute Gasteiger partial charge is 0.501 e. The summed E-state index contributed by atoms with van der Waals surface area (Å²) in [6.07, 6.45) is 1.99. The summed E-state index contributed by atoms with van der Waals surface area (Å²) in [5.74, 6) is 0. The zero-order valence-corrected chi connectivity index (χ0v) is 9.77. The lowest BCUT2D eigenvalue weighted by atomic mass is 10.0. The Morgan fingerprint density at radius 2 is 2.29 bits per heavy atom. The third-order valence-electron chi connectivity index (χ3n) is 2.26. The van der Waals surface area contributed by atoms with Gasteiger partial charge < -0.3 is 9.84 Å². The van der Waals surface area contributed by atoms with Crippen LogP contribution in [0.2, 0.25) is 0 Å². The van der Waals surface area contributed by atoms with Gasteiger partial charge >= 0.3 is 0 Å². The molecule has 1 unspecified atom stereocenters.